The monoisotopic (exact) mass is 211 g/mol. The zero-order valence-corrected chi connectivity index (χ0v) is 8.93. The lowest BCUT2D eigenvalue weighted by atomic mass is 9.96. The Labute approximate surface area is 94.6 Å². The van der Waals surface area contributed by atoms with Crippen molar-refractivity contribution in [3.63, 3.8) is 0 Å². The average Bonchev–Trinajstić information content (AvgIpc) is 2.74. The van der Waals surface area contributed by atoms with Crippen LogP contribution in [-0.2, 0) is 6.42 Å². The van der Waals surface area contributed by atoms with Gasteiger partial charge >= 0.3 is 0 Å². The fraction of sp³-hybridized carbons (Fsp3) is 0.214. The van der Waals surface area contributed by atoms with Gasteiger partial charge < -0.3 is 5.11 Å². The minimum absolute atomic E-state index is 0.261. The maximum atomic E-state index is 9.87. The van der Waals surface area contributed by atoms with Crippen LogP contribution in [0, 0.1) is 0 Å². The standard InChI is InChI=1S/C14H13NO/c16-13-6-2-1-5-11(13)12-8-7-10-4-3-9-15-14(10)12/h1-6,9,12,16H,7-8H2. The Morgan fingerprint density at radius 3 is 2.88 bits per heavy atom. The minimum atomic E-state index is 0.261. The van der Waals surface area contributed by atoms with Crippen molar-refractivity contribution in [2.45, 2.75) is 18.8 Å². The fourth-order valence-corrected chi connectivity index (χ4v) is 2.50. The molecular weight excluding hydrogens is 198 g/mol. The molecule has 0 bridgehead atoms. The first-order chi connectivity index (χ1) is 7.86. The Kier molecular flexibility index (Phi) is 2.13. The molecule has 16 heavy (non-hydrogen) atoms. The lowest BCUT2D eigenvalue weighted by Crippen LogP contribution is -1.98. The molecule has 0 amide bonds. The van der Waals surface area contributed by atoms with Gasteiger partial charge in [0.05, 0.1) is 5.69 Å². The van der Waals surface area contributed by atoms with Crippen molar-refractivity contribution in [2.75, 3.05) is 0 Å². The van der Waals surface area contributed by atoms with E-state index in [1.54, 1.807) is 6.07 Å². The second-order valence-electron chi connectivity index (χ2n) is 4.20. The summed E-state index contributed by atoms with van der Waals surface area (Å²) in [6, 6.07) is 11.7. The summed E-state index contributed by atoms with van der Waals surface area (Å²) >= 11 is 0. The van der Waals surface area contributed by atoms with E-state index in [1.165, 1.54) is 5.56 Å². The molecule has 1 aliphatic rings. The number of fused-ring (bicyclic) bond motifs is 1. The molecule has 0 saturated heterocycles. The predicted molar refractivity (Wildman–Crippen MR) is 62.5 cm³/mol. The summed E-state index contributed by atoms with van der Waals surface area (Å²) in [5.74, 6) is 0.642. The van der Waals surface area contributed by atoms with Crippen molar-refractivity contribution < 1.29 is 5.11 Å². The number of nitrogens with zero attached hydrogens (tertiary/aromatic N) is 1. The molecule has 2 aromatic rings. The highest BCUT2D eigenvalue weighted by Gasteiger charge is 2.26. The first-order valence-corrected chi connectivity index (χ1v) is 5.58. The Bertz CT molecular complexity index is 522. The topological polar surface area (TPSA) is 33.1 Å². The lowest BCUT2D eigenvalue weighted by molar-refractivity contribution is 0.464. The molecule has 1 N–H and O–H groups in total. The molecule has 0 radical (unpaired) electrons. The van der Waals surface area contributed by atoms with E-state index in [0.717, 1.165) is 24.1 Å². The molecule has 1 aliphatic carbocycles. The van der Waals surface area contributed by atoms with Gasteiger partial charge in [0.25, 0.3) is 0 Å². The number of benzene rings is 1. The van der Waals surface area contributed by atoms with Gasteiger partial charge in [-0.25, -0.2) is 0 Å². The Morgan fingerprint density at radius 2 is 2.00 bits per heavy atom. The van der Waals surface area contributed by atoms with E-state index in [2.05, 4.69) is 11.1 Å². The fourth-order valence-electron chi connectivity index (χ4n) is 2.50. The third-order valence-electron chi connectivity index (χ3n) is 3.27. The van der Waals surface area contributed by atoms with E-state index in [1.807, 2.05) is 30.5 Å². The van der Waals surface area contributed by atoms with Crippen molar-refractivity contribution in [3.05, 3.63) is 59.4 Å². The third-order valence-corrected chi connectivity index (χ3v) is 3.27. The van der Waals surface area contributed by atoms with Crippen LogP contribution in [0.3, 0.4) is 0 Å². The summed E-state index contributed by atoms with van der Waals surface area (Å²) in [4.78, 5) is 4.45. The molecule has 1 aromatic heterocycles. The number of hydrogen-bond acceptors (Lipinski definition) is 2. The van der Waals surface area contributed by atoms with E-state index >= 15 is 0 Å². The lowest BCUT2D eigenvalue weighted by Gasteiger charge is -2.12. The largest absolute Gasteiger partial charge is 0.508 e. The highest BCUT2D eigenvalue weighted by atomic mass is 16.3. The number of phenolic OH excluding ortho intramolecular Hbond substituents is 1. The van der Waals surface area contributed by atoms with Gasteiger partial charge in [-0.3, -0.25) is 4.98 Å². The van der Waals surface area contributed by atoms with Crippen LogP contribution in [0.2, 0.25) is 0 Å². The van der Waals surface area contributed by atoms with E-state index < -0.39 is 0 Å². The number of pyridine rings is 1. The number of aryl methyl sites for hydroxylation is 1. The van der Waals surface area contributed by atoms with Crippen LogP contribution in [0.25, 0.3) is 0 Å². The second kappa shape index (κ2) is 3.63. The molecule has 80 valence electrons. The van der Waals surface area contributed by atoms with Crippen molar-refractivity contribution in [2.24, 2.45) is 0 Å². The van der Waals surface area contributed by atoms with Crippen LogP contribution < -0.4 is 0 Å². The summed E-state index contributed by atoms with van der Waals surface area (Å²) in [6.07, 6.45) is 3.93. The maximum Gasteiger partial charge on any atom is 0.119 e. The van der Waals surface area contributed by atoms with Crippen molar-refractivity contribution in [3.8, 4) is 5.75 Å². The molecule has 1 aromatic carbocycles. The molecule has 0 fully saturated rings. The van der Waals surface area contributed by atoms with Crippen LogP contribution in [0.1, 0.15) is 29.2 Å². The van der Waals surface area contributed by atoms with Gasteiger partial charge in [0.1, 0.15) is 5.75 Å². The Balaban J connectivity index is 2.08. The maximum absolute atomic E-state index is 9.87. The zero-order valence-electron chi connectivity index (χ0n) is 8.93. The van der Waals surface area contributed by atoms with Gasteiger partial charge in [0, 0.05) is 17.7 Å². The van der Waals surface area contributed by atoms with E-state index in [-0.39, 0.29) is 5.92 Å². The third kappa shape index (κ3) is 1.38. The number of phenols is 1. The predicted octanol–water partition coefficient (Wildman–Crippen LogP) is 2.87. The smallest absolute Gasteiger partial charge is 0.119 e. The van der Waals surface area contributed by atoms with Gasteiger partial charge in [-0.05, 0) is 30.5 Å². The molecule has 0 aliphatic heterocycles. The quantitative estimate of drug-likeness (QED) is 0.786. The van der Waals surface area contributed by atoms with Gasteiger partial charge in [-0.15, -0.1) is 0 Å². The minimum Gasteiger partial charge on any atom is -0.508 e. The highest BCUT2D eigenvalue weighted by Crippen LogP contribution is 2.39. The molecule has 2 nitrogen and oxygen atoms in total. The molecule has 1 heterocycles. The molecule has 0 saturated carbocycles. The van der Waals surface area contributed by atoms with Crippen LogP contribution in [0.5, 0.6) is 5.75 Å². The second-order valence-corrected chi connectivity index (χ2v) is 4.20. The summed E-state index contributed by atoms with van der Waals surface area (Å²) in [5.41, 5.74) is 3.44. The number of aromatic hydroxyl groups is 1. The normalized spacial score (nSPS) is 18.4. The zero-order chi connectivity index (χ0) is 11.0. The molecule has 1 atom stereocenters. The van der Waals surface area contributed by atoms with Crippen LogP contribution in [-0.4, -0.2) is 10.1 Å². The molecule has 0 spiro atoms. The van der Waals surface area contributed by atoms with E-state index in [0.29, 0.717) is 5.75 Å². The van der Waals surface area contributed by atoms with Crippen molar-refractivity contribution >= 4 is 0 Å². The molecular formula is C14H13NO. The first-order valence-electron chi connectivity index (χ1n) is 5.58. The van der Waals surface area contributed by atoms with Gasteiger partial charge in [-0.1, -0.05) is 24.3 Å². The van der Waals surface area contributed by atoms with Crippen molar-refractivity contribution in [1.29, 1.82) is 0 Å². The number of hydrogen-bond donors (Lipinski definition) is 1. The molecule has 2 heteroatoms. The van der Waals surface area contributed by atoms with Crippen LogP contribution >= 0.6 is 0 Å². The van der Waals surface area contributed by atoms with Gasteiger partial charge in [-0.2, -0.15) is 0 Å². The molecule has 1 unspecified atom stereocenters. The Morgan fingerprint density at radius 1 is 1.12 bits per heavy atom. The average molecular weight is 211 g/mol. The van der Waals surface area contributed by atoms with Gasteiger partial charge in [0.15, 0.2) is 0 Å². The first kappa shape index (κ1) is 9.40. The highest BCUT2D eigenvalue weighted by molar-refractivity contribution is 5.43. The Hall–Kier alpha value is -1.83. The SMILES string of the molecule is Oc1ccccc1C1CCc2cccnc21. The van der Waals surface area contributed by atoms with Crippen LogP contribution in [0.4, 0.5) is 0 Å². The molecule has 3 rings (SSSR count). The number of aromatic nitrogens is 1. The summed E-state index contributed by atoms with van der Waals surface area (Å²) in [6.45, 7) is 0. The van der Waals surface area contributed by atoms with E-state index in [4.69, 9.17) is 0 Å². The number of para-hydroxylation sites is 1. The van der Waals surface area contributed by atoms with Crippen molar-refractivity contribution in [1.82, 2.24) is 4.98 Å². The summed E-state index contributed by atoms with van der Waals surface area (Å²) in [5, 5.41) is 9.87. The van der Waals surface area contributed by atoms with Gasteiger partial charge in [0.2, 0.25) is 0 Å². The summed E-state index contributed by atoms with van der Waals surface area (Å²) < 4.78 is 0. The van der Waals surface area contributed by atoms with E-state index in [9.17, 15) is 5.11 Å². The number of rotatable bonds is 1. The van der Waals surface area contributed by atoms with Crippen LogP contribution in [0.15, 0.2) is 42.6 Å². The summed E-state index contributed by atoms with van der Waals surface area (Å²) in [7, 11) is 0.